The average Bonchev–Trinajstić information content (AvgIpc) is 2.94. The van der Waals surface area contributed by atoms with Crippen molar-refractivity contribution in [3.63, 3.8) is 0 Å². The Kier molecular flexibility index (Phi) is 5.23. The maximum absolute atomic E-state index is 12.9. The highest BCUT2D eigenvalue weighted by Gasteiger charge is 2.36. The quantitative estimate of drug-likeness (QED) is 0.931. The van der Waals surface area contributed by atoms with Crippen LogP contribution in [-0.4, -0.2) is 35.1 Å². The second-order valence-corrected chi connectivity index (χ2v) is 6.68. The van der Waals surface area contributed by atoms with Crippen molar-refractivity contribution in [2.45, 2.75) is 51.8 Å². The Labute approximate surface area is 135 Å². The summed E-state index contributed by atoms with van der Waals surface area (Å²) in [6, 6.07) is 5.44. The molecule has 1 N–H and O–H groups in total. The molecule has 1 aromatic rings. The maximum Gasteiger partial charge on any atom is 0.410 e. The summed E-state index contributed by atoms with van der Waals surface area (Å²) in [6.45, 7) is 6.21. The van der Waals surface area contributed by atoms with Crippen LogP contribution in [0.1, 0.15) is 39.2 Å². The number of benzene rings is 1. The first-order valence-corrected chi connectivity index (χ1v) is 7.78. The molecule has 1 fully saturated rings. The average molecular weight is 322 g/mol. The van der Waals surface area contributed by atoms with Crippen LogP contribution in [0.2, 0.25) is 0 Å². The first-order chi connectivity index (χ1) is 10.8. The summed E-state index contributed by atoms with van der Waals surface area (Å²) in [7, 11) is 0. The topological polar surface area (TPSA) is 58.6 Å². The molecule has 0 radical (unpaired) electrons. The van der Waals surface area contributed by atoms with E-state index in [1.165, 1.54) is 17.0 Å². The monoisotopic (exact) mass is 322 g/mol. The van der Waals surface area contributed by atoms with E-state index in [1.807, 2.05) is 0 Å². The Balaban J connectivity index is 1.92. The van der Waals surface area contributed by atoms with E-state index in [0.29, 0.717) is 19.5 Å². The molecule has 0 aromatic heterocycles. The zero-order chi connectivity index (χ0) is 17.0. The predicted octanol–water partition coefficient (Wildman–Crippen LogP) is 2.84. The van der Waals surface area contributed by atoms with Crippen LogP contribution < -0.4 is 5.32 Å². The van der Waals surface area contributed by atoms with Gasteiger partial charge in [-0.05, 0) is 51.3 Å². The van der Waals surface area contributed by atoms with Crippen molar-refractivity contribution < 1.29 is 18.7 Å². The standard InChI is InChI=1S/C17H23FN2O3/c1-17(2,3)23-16(22)20-10-4-5-14(20)15(21)19-11-12-6-8-13(18)9-7-12/h6-9,14H,4-5,10-11H2,1-3H3,(H,19,21). The fourth-order valence-electron chi connectivity index (χ4n) is 2.49. The molecular weight excluding hydrogens is 299 g/mol. The number of likely N-dealkylation sites (tertiary alicyclic amines) is 1. The SMILES string of the molecule is CC(C)(C)OC(=O)N1CCCC1C(=O)NCc1ccc(F)cc1. The van der Waals surface area contributed by atoms with E-state index >= 15 is 0 Å². The van der Waals surface area contributed by atoms with Crippen molar-refractivity contribution in [3.05, 3.63) is 35.6 Å². The van der Waals surface area contributed by atoms with Crippen molar-refractivity contribution in [2.24, 2.45) is 0 Å². The van der Waals surface area contributed by atoms with Crippen LogP contribution in [-0.2, 0) is 16.1 Å². The minimum absolute atomic E-state index is 0.210. The molecule has 1 aromatic carbocycles. The van der Waals surface area contributed by atoms with Gasteiger partial charge in [0.05, 0.1) is 0 Å². The number of nitrogens with zero attached hydrogens (tertiary/aromatic N) is 1. The second kappa shape index (κ2) is 6.98. The molecule has 2 amide bonds. The van der Waals surface area contributed by atoms with Gasteiger partial charge >= 0.3 is 6.09 Å². The van der Waals surface area contributed by atoms with Crippen LogP contribution in [0.25, 0.3) is 0 Å². The highest BCUT2D eigenvalue weighted by Crippen LogP contribution is 2.21. The lowest BCUT2D eigenvalue weighted by molar-refractivity contribution is -0.125. The van der Waals surface area contributed by atoms with Gasteiger partial charge < -0.3 is 10.1 Å². The lowest BCUT2D eigenvalue weighted by Crippen LogP contribution is -2.47. The number of hydrogen-bond donors (Lipinski definition) is 1. The van der Waals surface area contributed by atoms with Crippen LogP contribution in [0.15, 0.2) is 24.3 Å². The summed E-state index contributed by atoms with van der Waals surface area (Å²) in [5, 5.41) is 2.80. The first kappa shape index (κ1) is 17.2. The van der Waals surface area contributed by atoms with E-state index in [2.05, 4.69) is 5.32 Å². The van der Waals surface area contributed by atoms with Crippen LogP contribution in [0, 0.1) is 5.82 Å². The Hall–Kier alpha value is -2.11. The van der Waals surface area contributed by atoms with Gasteiger partial charge in [-0.15, -0.1) is 0 Å². The Morgan fingerprint density at radius 2 is 1.96 bits per heavy atom. The van der Waals surface area contributed by atoms with E-state index in [0.717, 1.165) is 12.0 Å². The Bertz CT molecular complexity index is 566. The lowest BCUT2D eigenvalue weighted by atomic mass is 10.2. The molecule has 0 saturated carbocycles. The largest absolute Gasteiger partial charge is 0.444 e. The van der Waals surface area contributed by atoms with Gasteiger partial charge in [-0.1, -0.05) is 12.1 Å². The zero-order valence-electron chi connectivity index (χ0n) is 13.8. The van der Waals surface area contributed by atoms with Gasteiger partial charge in [0.1, 0.15) is 17.5 Å². The van der Waals surface area contributed by atoms with Crippen LogP contribution >= 0.6 is 0 Å². The number of ether oxygens (including phenoxy) is 1. The molecule has 1 heterocycles. The van der Waals surface area contributed by atoms with Crippen LogP contribution in [0.5, 0.6) is 0 Å². The number of carbonyl (C=O) groups excluding carboxylic acids is 2. The molecule has 6 heteroatoms. The summed E-state index contributed by atoms with van der Waals surface area (Å²) in [5.41, 5.74) is 0.219. The van der Waals surface area contributed by atoms with E-state index in [9.17, 15) is 14.0 Å². The molecule has 126 valence electrons. The van der Waals surface area contributed by atoms with Crippen molar-refractivity contribution in [2.75, 3.05) is 6.54 Å². The summed E-state index contributed by atoms with van der Waals surface area (Å²) < 4.78 is 18.2. The molecule has 0 spiro atoms. The van der Waals surface area contributed by atoms with E-state index in [4.69, 9.17) is 4.74 Å². The molecule has 0 aliphatic carbocycles. The van der Waals surface area contributed by atoms with E-state index < -0.39 is 17.7 Å². The fraction of sp³-hybridized carbons (Fsp3) is 0.529. The Morgan fingerprint density at radius 3 is 2.57 bits per heavy atom. The molecule has 1 unspecified atom stereocenters. The fourth-order valence-corrected chi connectivity index (χ4v) is 2.49. The number of nitrogens with one attached hydrogen (secondary N) is 1. The van der Waals surface area contributed by atoms with Crippen LogP contribution in [0.3, 0.4) is 0 Å². The highest BCUT2D eigenvalue weighted by molar-refractivity contribution is 5.86. The third-order valence-electron chi connectivity index (χ3n) is 3.56. The molecule has 23 heavy (non-hydrogen) atoms. The van der Waals surface area contributed by atoms with Gasteiger partial charge in [0.25, 0.3) is 0 Å². The third-order valence-corrected chi connectivity index (χ3v) is 3.56. The predicted molar refractivity (Wildman–Crippen MR) is 84.2 cm³/mol. The molecule has 0 bridgehead atoms. The number of halogens is 1. The zero-order valence-corrected chi connectivity index (χ0v) is 13.8. The van der Waals surface area contributed by atoms with Gasteiger partial charge in [0.2, 0.25) is 5.91 Å². The van der Waals surface area contributed by atoms with E-state index in [1.54, 1.807) is 32.9 Å². The molecule has 2 rings (SSSR count). The van der Waals surface area contributed by atoms with Crippen LogP contribution in [0.4, 0.5) is 9.18 Å². The number of amides is 2. The second-order valence-electron chi connectivity index (χ2n) is 6.68. The molecule has 1 atom stereocenters. The van der Waals surface area contributed by atoms with Gasteiger partial charge in [-0.3, -0.25) is 9.69 Å². The third kappa shape index (κ3) is 4.94. The van der Waals surface area contributed by atoms with Gasteiger partial charge in [-0.2, -0.15) is 0 Å². The summed E-state index contributed by atoms with van der Waals surface area (Å²) in [4.78, 5) is 26.0. The van der Waals surface area contributed by atoms with E-state index in [-0.39, 0.29) is 11.7 Å². The van der Waals surface area contributed by atoms with Crippen molar-refractivity contribution in [3.8, 4) is 0 Å². The summed E-state index contributed by atoms with van der Waals surface area (Å²) in [6.07, 6.45) is 0.930. The highest BCUT2D eigenvalue weighted by atomic mass is 19.1. The van der Waals surface area contributed by atoms with Crippen molar-refractivity contribution >= 4 is 12.0 Å². The molecule has 1 aliphatic heterocycles. The summed E-state index contributed by atoms with van der Waals surface area (Å²) >= 11 is 0. The smallest absolute Gasteiger partial charge is 0.410 e. The van der Waals surface area contributed by atoms with Gasteiger partial charge in [-0.25, -0.2) is 9.18 Å². The molecular formula is C17H23FN2O3. The minimum atomic E-state index is -0.588. The molecule has 5 nitrogen and oxygen atoms in total. The number of carbonyl (C=O) groups is 2. The van der Waals surface area contributed by atoms with Crippen molar-refractivity contribution in [1.82, 2.24) is 10.2 Å². The lowest BCUT2D eigenvalue weighted by Gasteiger charge is -2.28. The van der Waals surface area contributed by atoms with Gasteiger partial charge in [0.15, 0.2) is 0 Å². The Morgan fingerprint density at radius 1 is 1.30 bits per heavy atom. The minimum Gasteiger partial charge on any atom is -0.444 e. The molecule has 1 saturated heterocycles. The summed E-state index contributed by atoms with van der Waals surface area (Å²) in [5.74, 6) is -0.523. The number of rotatable bonds is 3. The normalized spacial score (nSPS) is 17.9. The molecule has 1 aliphatic rings. The first-order valence-electron chi connectivity index (χ1n) is 7.78. The maximum atomic E-state index is 12.9. The number of hydrogen-bond acceptors (Lipinski definition) is 3. The van der Waals surface area contributed by atoms with Gasteiger partial charge in [0, 0.05) is 13.1 Å². The van der Waals surface area contributed by atoms with Crippen molar-refractivity contribution in [1.29, 1.82) is 0 Å².